The molecule has 0 saturated carbocycles. The van der Waals surface area contributed by atoms with Crippen LogP contribution in [0.25, 0.3) is 11.0 Å². The first-order valence-corrected chi connectivity index (χ1v) is 7.40. The Labute approximate surface area is 121 Å². The average Bonchev–Trinajstić information content (AvgIpc) is 2.82. The molecular formula is C12H15Cl2N3S. The molecule has 1 heterocycles. The second-order valence-corrected chi connectivity index (χ2v) is 5.84. The minimum atomic E-state index is 0.318. The summed E-state index contributed by atoms with van der Waals surface area (Å²) in [5.41, 5.74) is 2.30. The lowest BCUT2D eigenvalue weighted by Gasteiger charge is -2.22. The van der Waals surface area contributed by atoms with Gasteiger partial charge in [0.05, 0.1) is 27.5 Å². The Kier molecular flexibility index (Phi) is 4.30. The third-order valence-corrected chi connectivity index (χ3v) is 4.43. The summed E-state index contributed by atoms with van der Waals surface area (Å²) in [6, 6.07) is 2.04. The van der Waals surface area contributed by atoms with E-state index in [0.29, 0.717) is 27.5 Å². The number of anilines is 1. The van der Waals surface area contributed by atoms with E-state index in [4.69, 9.17) is 23.2 Å². The van der Waals surface area contributed by atoms with Gasteiger partial charge in [-0.2, -0.15) is 8.75 Å². The summed E-state index contributed by atoms with van der Waals surface area (Å²) < 4.78 is 8.47. The molecule has 1 aromatic carbocycles. The van der Waals surface area contributed by atoms with Gasteiger partial charge in [0.1, 0.15) is 11.0 Å². The maximum atomic E-state index is 6.25. The maximum absolute atomic E-state index is 6.25. The molecular weight excluding hydrogens is 289 g/mol. The molecule has 0 aliphatic heterocycles. The highest BCUT2D eigenvalue weighted by molar-refractivity contribution is 7.00. The van der Waals surface area contributed by atoms with Crippen molar-refractivity contribution in [2.45, 2.75) is 33.2 Å². The zero-order chi connectivity index (χ0) is 13.3. The van der Waals surface area contributed by atoms with Gasteiger partial charge in [0.25, 0.3) is 0 Å². The molecule has 18 heavy (non-hydrogen) atoms. The third kappa shape index (κ3) is 2.56. The van der Waals surface area contributed by atoms with Crippen LogP contribution in [0.5, 0.6) is 0 Å². The van der Waals surface area contributed by atoms with E-state index in [9.17, 15) is 0 Å². The van der Waals surface area contributed by atoms with Gasteiger partial charge in [0, 0.05) is 6.04 Å². The van der Waals surface area contributed by atoms with E-state index < -0.39 is 0 Å². The van der Waals surface area contributed by atoms with E-state index in [0.717, 1.165) is 29.4 Å². The highest BCUT2D eigenvalue weighted by Crippen LogP contribution is 2.36. The Hall–Kier alpha value is -0.580. The molecule has 0 bridgehead atoms. The molecule has 2 unspecified atom stereocenters. The van der Waals surface area contributed by atoms with Crippen molar-refractivity contribution in [2.75, 3.05) is 5.32 Å². The molecule has 0 spiro atoms. The summed E-state index contributed by atoms with van der Waals surface area (Å²) in [6.45, 7) is 6.52. The fourth-order valence-electron chi connectivity index (χ4n) is 1.73. The van der Waals surface area contributed by atoms with Crippen molar-refractivity contribution < 1.29 is 0 Å². The summed E-state index contributed by atoms with van der Waals surface area (Å²) in [7, 11) is 0. The summed E-state index contributed by atoms with van der Waals surface area (Å²) in [4.78, 5) is 0. The van der Waals surface area contributed by atoms with E-state index in [2.05, 4.69) is 34.8 Å². The Balaban J connectivity index is 2.41. The molecule has 0 radical (unpaired) electrons. The van der Waals surface area contributed by atoms with Crippen molar-refractivity contribution in [2.24, 2.45) is 5.92 Å². The van der Waals surface area contributed by atoms with Gasteiger partial charge >= 0.3 is 0 Å². The fraction of sp³-hybridized carbons (Fsp3) is 0.500. The summed E-state index contributed by atoms with van der Waals surface area (Å²) >= 11 is 13.5. The molecule has 0 aliphatic carbocycles. The van der Waals surface area contributed by atoms with Crippen LogP contribution in [0.4, 0.5) is 5.69 Å². The molecule has 0 fully saturated rings. The number of fused-ring (bicyclic) bond motifs is 1. The number of nitrogens with one attached hydrogen (secondary N) is 1. The zero-order valence-corrected chi connectivity index (χ0v) is 12.8. The maximum Gasteiger partial charge on any atom is 0.130 e. The van der Waals surface area contributed by atoms with Crippen molar-refractivity contribution in [1.82, 2.24) is 8.75 Å². The highest BCUT2D eigenvalue weighted by atomic mass is 35.5. The van der Waals surface area contributed by atoms with E-state index in [-0.39, 0.29) is 0 Å². The summed E-state index contributed by atoms with van der Waals surface area (Å²) in [5, 5.41) is 4.57. The number of hydrogen-bond acceptors (Lipinski definition) is 4. The second-order valence-electron chi connectivity index (χ2n) is 4.50. The number of rotatable bonds is 4. The molecule has 6 heteroatoms. The number of aromatic nitrogens is 2. The van der Waals surface area contributed by atoms with Gasteiger partial charge in [0.15, 0.2) is 0 Å². The van der Waals surface area contributed by atoms with Gasteiger partial charge in [-0.3, -0.25) is 0 Å². The lowest BCUT2D eigenvalue weighted by Crippen LogP contribution is -2.23. The molecule has 2 atom stereocenters. The van der Waals surface area contributed by atoms with Gasteiger partial charge in [-0.15, -0.1) is 0 Å². The predicted octanol–water partition coefficient (Wildman–Crippen LogP) is 4.84. The monoisotopic (exact) mass is 303 g/mol. The van der Waals surface area contributed by atoms with Crippen LogP contribution in [0.1, 0.15) is 27.2 Å². The molecule has 2 aromatic rings. The van der Waals surface area contributed by atoms with Crippen LogP contribution in [0.2, 0.25) is 10.0 Å². The van der Waals surface area contributed by atoms with Crippen LogP contribution < -0.4 is 5.32 Å². The first-order chi connectivity index (χ1) is 8.54. The average molecular weight is 304 g/mol. The number of halogens is 2. The number of benzene rings is 1. The second kappa shape index (κ2) is 5.59. The topological polar surface area (TPSA) is 37.8 Å². The van der Waals surface area contributed by atoms with Crippen LogP contribution in [-0.2, 0) is 0 Å². The third-order valence-electron chi connectivity index (χ3n) is 3.31. The minimum absolute atomic E-state index is 0.318. The van der Waals surface area contributed by atoms with Crippen molar-refractivity contribution in [3.63, 3.8) is 0 Å². The van der Waals surface area contributed by atoms with Gasteiger partial charge in [-0.1, -0.05) is 43.5 Å². The van der Waals surface area contributed by atoms with Crippen molar-refractivity contribution in [3.05, 3.63) is 16.1 Å². The molecule has 1 aromatic heterocycles. The lowest BCUT2D eigenvalue weighted by molar-refractivity contribution is 0.495. The number of hydrogen-bond donors (Lipinski definition) is 1. The van der Waals surface area contributed by atoms with Crippen LogP contribution in [0.3, 0.4) is 0 Å². The normalized spacial score (nSPS) is 14.7. The van der Waals surface area contributed by atoms with Crippen molar-refractivity contribution >= 4 is 51.7 Å². The van der Waals surface area contributed by atoms with Gasteiger partial charge in [-0.25, -0.2) is 0 Å². The van der Waals surface area contributed by atoms with E-state index in [1.165, 1.54) is 0 Å². The largest absolute Gasteiger partial charge is 0.379 e. The van der Waals surface area contributed by atoms with E-state index >= 15 is 0 Å². The first kappa shape index (κ1) is 13.8. The van der Waals surface area contributed by atoms with E-state index in [1.807, 2.05) is 0 Å². The van der Waals surface area contributed by atoms with Crippen LogP contribution in [0.15, 0.2) is 6.07 Å². The molecule has 0 aliphatic rings. The van der Waals surface area contributed by atoms with Gasteiger partial charge in [-0.05, 0) is 18.9 Å². The standard InChI is InChI=1S/C12H15Cl2N3S/c1-4-6(2)7(3)15-10-8(13)5-9(14)11-12(10)17-18-16-11/h5-7,15H,4H2,1-3H3. The number of nitrogens with zero attached hydrogens (tertiary/aromatic N) is 2. The lowest BCUT2D eigenvalue weighted by atomic mass is 10.0. The molecule has 0 amide bonds. The van der Waals surface area contributed by atoms with E-state index in [1.54, 1.807) is 6.07 Å². The van der Waals surface area contributed by atoms with Crippen LogP contribution >= 0.6 is 34.9 Å². The molecule has 0 saturated heterocycles. The van der Waals surface area contributed by atoms with Crippen LogP contribution in [-0.4, -0.2) is 14.8 Å². The highest BCUT2D eigenvalue weighted by Gasteiger charge is 2.17. The van der Waals surface area contributed by atoms with Crippen molar-refractivity contribution in [3.8, 4) is 0 Å². The molecule has 2 rings (SSSR count). The summed E-state index contributed by atoms with van der Waals surface area (Å²) in [6.07, 6.45) is 1.11. The Morgan fingerprint density at radius 3 is 2.56 bits per heavy atom. The SMILES string of the molecule is CCC(C)C(C)Nc1c(Cl)cc(Cl)c2nsnc12. The smallest absolute Gasteiger partial charge is 0.130 e. The Morgan fingerprint density at radius 1 is 1.22 bits per heavy atom. The molecule has 3 nitrogen and oxygen atoms in total. The van der Waals surface area contributed by atoms with Gasteiger partial charge < -0.3 is 5.32 Å². The predicted molar refractivity (Wildman–Crippen MR) is 80.0 cm³/mol. The fourth-order valence-corrected chi connectivity index (χ4v) is 2.90. The quantitative estimate of drug-likeness (QED) is 0.878. The summed E-state index contributed by atoms with van der Waals surface area (Å²) in [5.74, 6) is 0.554. The molecule has 98 valence electrons. The van der Waals surface area contributed by atoms with Crippen LogP contribution in [0, 0.1) is 5.92 Å². The minimum Gasteiger partial charge on any atom is -0.379 e. The zero-order valence-electron chi connectivity index (χ0n) is 10.5. The van der Waals surface area contributed by atoms with Gasteiger partial charge in [0.2, 0.25) is 0 Å². The van der Waals surface area contributed by atoms with Crippen molar-refractivity contribution in [1.29, 1.82) is 0 Å². The molecule has 1 N–H and O–H groups in total. The first-order valence-electron chi connectivity index (χ1n) is 5.91. The Morgan fingerprint density at radius 2 is 1.89 bits per heavy atom. The Bertz CT molecular complexity index is 555.